The maximum Gasteiger partial charge on any atom is 0.225 e. The standard InChI is InChI=1S/C13H12ClN3O/c14-10-5-7-1-2-8-9(12(15)18)6-13(3-4-13)11(8)17(7)16-10/h1-2,5,9H,3-4,6H2,(H2,15,18). The fourth-order valence-electron chi connectivity index (χ4n) is 3.29. The van der Waals surface area contributed by atoms with Crippen molar-refractivity contribution in [2.24, 2.45) is 5.73 Å². The number of carbonyl (C=O) groups is 1. The van der Waals surface area contributed by atoms with E-state index in [9.17, 15) is 4.79 Å². The molecule has 0 aliphatic heterocycles. The molecule has 4 nitrogen and oxygen atoms in total. The first-order valence-electron chi connectivity index (χ1n) is 6.09. The molecule has 2 aromatic heterocycles. The van der Waals surface area contributed by atoms with E-state index in [1.807, 2.05) is 22.7 Å². The first-order chi connectivity index (χ1) is 8.61. The second-order valence-electron chi connectivity index (χ2n) is 5.38. The Morgan fingerprint density at radius 3 is 2.94 bits per heavy atom. The van der Waals surface area contributed by atoms with E-state index in [4.69, 9.17) is 17.3 Å². The molecular weight excluding hydrogens is 250 g/mol. The highest BCUT2D eigenvalue weighted by atomic mass is 35.5. The fraction of sp³-hybridized carbons (Fsp3) is 0.385. The molecule has 1 spiro atoms. The summed E-state index contributed by atoms with van der Waals surface area (Å²) in [5.41, 5.74) is 8.80. The van der Waals surface area contributed by atoms with Gasteiger partial charge in [0.15, 0.2) is 5.15 Å². The molecule has 1 unspecified atom stereocenters. The van der Waals surface area contributed by atoms with Crippen LogP contribution in [0.15, 0.2) is 18.2 Å². The minimum atomic E-state index is -0.238. The Morgan fingerprint density at radius 1 is 1.50 bits per heavy atom. The highest BCUT2D eigenvalue weighted by Crippen LogP contribution is 2.60. The zero-order valence-corrected chi connectivity index (χ0v) is 10.4. The lowest BCUT2D eigenvalue weighted by atomic mass is 10.00. The van der Waals surface area contributed by atoms with Gasteiger partial charge in [-0.3, -0.25) is 4.79 Å². The predicted molar refractivity (Wildman–Crippen MR) is 67.7 cm³/mol. The van der Waals surface area contributed by atoms with Gasteiger partial charge in [-0.05, 0) is 30.9 Å². The Hall–Kier alpha value is -1.55. The third-order valence-electron chi connectivity index (χ3n) is 4.30. The highest BCUT2D eigenvalue weighted by molar-refractivity contribution is 6.29. The normalized spacial score (nSPS) is 23.5. The SMILES string of the molecule is NC(=O)C1CC2(CC2)c2c1ccc1cc(Cl)nn21. The average molecular weight is 262 g/mol. The number of nitrogens with zero attached hydrogens (tertiary/aromatic N) is 2. The number of amides is 1. The van der Waals surface area contributed by atoms with Gasteiger partial charge >= 0.3 is 0 Å². The second-order valence-corrected chi connectivity index (χ2v) is 5.77. The summed E-state index contributed by atoms with van der Waals surface area (Å²) < 4.78 is 1.90. The molecule has 92 valence electrons. The van der Waals surface area contributed by atoms with Crippen LogP contribution in [0.5, 0.6) is 0 Å². The van der Waals surface area contributed by atoms with Gasteiger partial charge in [0.05, 0.1) is 17.1 Å². The van der Waals surface area contributed by atoms with Crippen LogP contribution in [0.2, 0.25) is 5.15 Å². The number of hydrogen-bond donors (Lipinski definition) is 1. The Balaban J connectivity index is 2.05. The molecule has 2 aromatic rings. The van der Waals surface area contributed by atoms with Crippen molar-refractivity contribution >= 4 is 23.0 Å². The van der Waals surface area contributed by atoms with Crippen LogP contribution in [0.1, 0.15) is 36.4 Å². The van der Waals surface area contributed by atoms with Crippen LogP contribution in [0.25, 0.3) is 5.52 Å². The molecular formula is C13H12ClN3O. The van der Waals surface area contributed by atoms with Crippen molar-refractivity contribution in [3.8, 4) is 0 Å². The first kappa shape index (κ1) is 10.4. The number of nitrogens with two attached hydrogens (primary N) is 1. The third-order valence-corrected chi connectivity index (χ3v) is 4.48. The zero-order valence-electron chi connectivity index (χ0n) is 9.69. The van der Waals surface area contributed by atoms with Gasteiger partial charge in [-0.15, -0.1) is 0 Å². The molecule has 1 amide bonds. The zero-order chi connectivity index (χ0) is 12.5. The highest BCUT2D eigenvalue weighted by Gasteiger charge is 2.55. The van der Waals surface area contributed by atoms with Crippen LogP contribution in [0, 0.1) is 0 Å². The summed E-state index contributed by atoms with van der Waals surface area (Å²) in [6, 6.07) is 5.80. The van der Waals surface area contributed by atoms with Gasteiger partial charge in [-0.25, -0.2) is 4.52 Å². The van der Waals surface area contributed by atoms with Crippen LogP contribution >= 0.6 is 11.6 Å². The van der Waals surface area contributed by atoms with Gasteiger partial charge in [0.25, 0.3) is 0 Å². The van der Waals surface area contributed by atoms with Crippen molar-refractivity contribution in [2.75, 3.05) is 0 Å². The van der Waals surface area contributed by atoms with Crippen molar-refractivity contribution in [3.05, 3.63) is 34.6 Å². The quantitative estimate of drug-likeness (QED) is 0.853. The molecule has 2 heterocycles. The molecule has 2 aliphatic rings. The van der Waals surface area contributed by atoms with Crippen LogP contribution < -0.4 is 5.73 Å². The summed E-state index contributed by atoms with van der Waals surface area (Å²) >= 11 is 5.97. The largest absolute Gasteiger partial charge is 0.369 e. The molecule has 18 heavy (non-hydrogen) atoms. The lowest BCUT2D eigenvalue weighted by Crippen LogP contribution is -2.19. The molecule has 2 aliphatic carbocycles. The summed E-state index contributed by atoms with van der Waals surface area (Å²) in [5, 5.41) is 4.83. The average Bonchev–Trinajstić information content (AvgIpc) is 2.85. The number of hydrogen-bond acceptors (Lipinski definition) is 2. The number of halogens is 1. The van der Waals surface area contributed by atoms with E-state index < -0.39 is 0 Å². The molecule has 1 atom stereocenters. The van der Waals surface area contributed by atoms with E-state index in [-0.39, 0.29) is 17.2 Å². The smallest absolute Gasteiger partial charge is 0.225 e. The maximum absolute atomic E-state index is 11.6. The molecule has 1 saturated carbocycles. The van der Waals surface area contributed by atoms with Gasteiger partial charge in [0.1, 0.15) is 0 Å². The maximum atomic E-state index is 11.6. The summed E-state index contributed by atoms with van der Waals surface area (Å²) in [5.74, 6) is -0.410. The van der Waals surface area contributed by atoms with Gasteiger partial charge in [-0.2, -0.15) is 5.10 Å². The minimum absolute atomic E-state index is 0.115. The van der Waals surface area contributed by atoms with Crippen LogP contribution in [0.4, 0.5) is 0 Å². The number of primary amides is 1. The monoisotopic (exact) mass is 261 g/mol. The number of aromatic nitrogens is 2. The lowest BCUT2D eigenvalue weighted by Gasteiger charge is -2.09. The van der Waals surface area contributed by atoms with Gasteiger partial charge < -0.3 is 5.73 Å². The van der Waals surface area contributed by atoms with Crippen LogP contribution in [0.3, 0.4) is 0 Å². The molecule has 2 N–H and O–H groups in total. The van der Waals surface area contributed by atoms with Crippen molar-refractivity contribution in [1.82, 2.24) is 9.61 Å². The predicted octanol–water partition coefficient (Wildman–Crippen LogP) is 1.99. The number of fused-ring (bicyclic) bond motifs is 4. The molecule has 4 rings (SSSR count). The van der Waals surface area contributed by atoms with E-state index in [2.05, 4.69) is 5.10 Å². The van der Waals surface area contributed by atoms with E-state index in [0.29, 0.717) is 5.15 Å². The Morgan fingerprint density at radius 2 is 2.28 bits per heavy atom. The van der Waals surface area contributed by atoms with Gasteiger partial charge in [0, 0.05) is 11.5 Å². The molecule has 0 saturated heterocycles. The number of pyridine rings is 1. The summed E-state index contributed by atoms with van der Waals surface area (Å²) in [6.07, 6.45) is 3.05. The minimum Gasteiger partial charge on any atom is -0.369 e. The molecule has 5 heteroatoms. The number of rotatable bonds is 1. The molecule has 0 aromatic carbocycles. The fourth-order valence-corrected chi connectivity index (χ4v) is 3.48. The lowest BCUT2D eigenvalue weighted by molar-refractivity contribution is -0.119. The van der Waals surface area contributed by atoms with E-state index in [0.717, 1.165) is 36.0 Å². The van der Waals surface area contributed by atoms with Crippen molar-refractivity contribution in [3.63, 3.8) is 0 Å². The summed E-state index contributed by atoms with van der Waals surface area (Å²) in [6.45, 7) is 0. The summed E-state index contributed by atoms with van der Waals surface area (Å²) in [7, 11) is 0. The van der Waals surface area contributed by atoms with Crippen molar-refractivity contribution in [2.45, 2.75) is 30.6 Å². The van der Waals surface area contributed by atoms with E-state index >= 15 is 0 Å². The molecule has 0 radical (unpaired) electrons. The van der Waals surface area contributed by atoms with Crippen LogP contribution in [-0.4, -0.2) is 15.5 Å². The van der Waals surface area contributed by atoms with Gasteiger partial charge in [-0.1, -0.05) is 17.7 Å². The molecule has 0 bridgehead atoms. The Kier molecular flexibility index (Phi) is 1.77. The van der Waals surface area contributed by atoms with Crippen molar-refractivity contribution in [1.29, 1.82) is 0 Å². The Labute approximate surface area is 109 Å². The first-order valence-corrected chi connectivity index (χ1v) is 6.46. The second kappa shape index (κ2) is 3.06. The number of carbonyl (C=O) groups excluding carboxylic acids is 1. The van der Waals surface area contributed by atoms with Crippen molar-refractivity contribution < 1.29 is 4.79 Å². The topological polar surface area (TPSA) is 60.4 Å². The third kappa shape index (κ3) is 1.16. The van der Waals surface area contributed by atoms with Gasteiger partial charge in [0.2, 0.25) is 5.91 Å². The summed E-state index contributed by atoms with van der Waals surface area (Å²) in [4.78, 5) is 11.6. The van der Waals surface area contributed by atoms with Crippen LogP contribution in [-0.2, 0) is 10.2 Å². The Bertz CT molecular complexity index is 687. The van der Waals surface area contributed by atoms with E-state index in [1.54, 1.807) is 0 Å². The molecule has 1 fully saturated rings. The van der Waals surface area contributed by atoms with E-state index in [1.165, 1.54) is 0 Å².